The zero-order valence-electron chi connectivity index (χ0n) is 12.5. The summed E-state index contributed by atoms with van der Waals surface area (Å²) in [7, 11) is 2.17. The van der Waals surface area contributed by atoms with Crippen molar-refractivity contribution in [1.82, 2.24) is 4.90 Å². The van der Waals surface area contributed by atoms with Crippen molar-refractivity contribution in [2.24, 2.45) is 11.7 Å². The molecular weight excluding hydrogens is 332 g/mol. The van der Waals surface area contributed by atoms with E-state index < -0.39 is 0 Å². The van der Waals surface area contributed by atoms with Crippen LogP contribution in [-0.2, 0) is 0 Å². The van der Waals surface area contributed by atoms with Crippen molar-refractivity contribution in [3.63, 3.8) is 0 Å². The Morgan fingerprint density at radius 2 is 2.10 bits per heavy atom. The average Bonchev–Trinajstić information content (AvgIpc) is 2.44. The van der Waals surface area contributed by atoms with Crippen LogP contribution in [0, 0.1) is 5.92 Å². The summed E-state index contributed by atoms with van der Waals surface area (Å²) in [6.07, 6.45) is 4.08. The fourth-order valence-corrected chi connectivity index (χ4v) is 3.68. The Balaban J connectivity index is 1.80. The SMILES string of the molecule is CN(CC1CCC1)C(CN)c1cc(Br)c2c(c1)OCCO2. The number of nitrogens with two attached hydrogens (primary N) is 1. The first kappa shape index (κ1) is 15.1. The van der Waals surface area contributed by atoms with Gasteiger partial charge in [-0.15, -0.1) is 0 Å². The lowest BCUT2D eigenvalue weighted by Gasteiger charge is -2.35. The summed E-state index contributed by atoms with van der Waals surface area (Å²) in [6, 6.07) is 4.41. The van der Waals surface area contributed by atoms with Crippen molar-refractivity contribution in [2.45, 2.75) is 25.3 Å². The fraction of sp³-hybridized carbons (Fsp3) is 0.625. The number of nitrogens with zero attached hydrogens (tertiary/aromatic N) is 1. The first-order valence-corrected chi connectivity index (χ1v) is 8.47. The summed E-state index contributed by atoms with van der Waals surface area (Å²) in [5, 5.41) is 0. The first-order chi connectivity index (χ1) is 10.2. The summed E-state index contributed by atoms with van der Waals surface area (Å²) >= 11 is 3.59. The second kappa shape index (κ2) is 6.55. The lowest BCUT2D eigenvalue weighted by Crippen LogP contribution is -2.36. The molecule has 0 bridgehead atoms. The topological polar surface area (TPSA) is 47.7 Å². The molecule has 1 aromatic carbocycles. The molecular formula is C16H23BrN2O2. The molecule has 0 aromatic heterocycles. The van der Waals surface area contributed by atoms with Crippen molar-refractivity contribution >= 4 is 15.9 Å². The van der Waals surface area contributed by atoms with Gasteiger partial charge in [0.15, 0.2) is 11.5 Å². The highest BCUT2D eigenvalue weighted by molar-refractivity contribution is 9.10. The van der Waals surface area contributed by atoms with E-state index in [1.54, 1.807) is 0 Å². The monoisotopic (exact) mass is 354 g/mol. The molecule has 1 aliphatic heterocycles. The highest BCUT2D eigenvalue weighted by atomic mass is 79.9. The van der Waals surface area contributed by atoms with Gasteiger partial charge in [0.05, 0.1) is 4.47 Å². The minimum absolute atomic E-state index is 0.220. The molecule has 2 N–H and O–H groups in total. The number of hydrogen-bond acceptors (Lipinski definition) is 4. The van der Waals surface area contributed by atoms with E-state index in [1.165, 1.54) is 24.8 Å². The molecule has 1 heterocycles. The van der Waals surface area contributed by atoms with Crippen molar-refractivity contribution < 1.29 is 9.47 Å². The molecule has 0 radical (unpaired) electrons. The number of likely N-dealkylation sites (N-methyl/N-ethyl adjacent to an activating group) is 1. The average molecular weight is 355 g/mol. The maximum atomic E-state index is 6.04. The third-order valence-electron chi connectivity index (χ3n) is 4.53. The minimum atomic E-state index is 0.220. The van der Waals surface area contributed by atoms with Gasteiger partial charge in [-0.2, -0.15) is 0 Å². The van der Waals surface area contributed by atoms with E-state index in [0.717, 1.165) is 28.4 Å². The molecule has 1 atom stereocenters. The molecule has 0 amide bonds. The van der Waals surface area contributed by atoms with Crippen LogP contribution in [0.4, 0.5) is 0 Å². The van der Waals surface area contributed by atoms with Crippen molar-refractivity contribution in [2.75, 3.05) is 33.4 Å². The van der Waals surface area contributed by atoms with Gasteiger partial charge in [0.25, 0.3) is 0 Å². The quantitative estimate of drug-likeness (QED) is 0.882. The van der Waals surface area contributed by atoms with Crippen LogP contribution in [0.2, 0.25) is 0 Å². The van der Waals surface area contributed by atoms with E-state index in [9.17, 15) is 0 Å². The zero-order valence-corrected chi connectivity index (χ0v) is 14.1. The van der Waals surface area contributed by atoms with Gasteiger partial charge in [0.1, 0.15) is 13.2 Å². The van der Waals surface area contributed by atoms with E-state index in [4.69, 9.17) is 15.2 Å². The molecule has 21 heavy (non-hydrogen) atoms. The van der Waals surface area contributed by atoms with E-state index in [1.807, 2.05) is 0 Å². The van der Waals surface area contributed by atoms with Gasteiger partial charge in [-0.25, -0.2) is 0 Å². The van der Waals surface area contributed by atoms with E-state index in [-0.39, 0.29) is 6.04 Å². The number of rotatable bonds is 5. The van der Waals surface area contributed by atoms with E-state index in [2.05, 4.69) is 40.0 Å². The van der Waals surface area contributed by atoms with Crippen LogP contribution >= 0.6 is 15.9 Å². The van der Waals surface area contributed by atoms with Crippen LogP contribution in [0.5, 0.6) is 11.5 Å². The molecule has 116 valence electrons. The number of hydrogen-bond donors (Lipinski definition) is 1. The highest BCUT2D eigenvalue weighted by Gasteiger charge is 2.25. The summed E-state index contributed by atoms with van der Waals surface area (Å²) < 4.78 is 12.3. The third kappa shape index (κ3) is 3.20. The Hall–Kier alpha value is -0.780. The highest BCUT2D eigenvalue weighted by Crippen LogP contribution is 2.40. The maximum Gasteiger partial charge on any atom is 0.175 e. The van der Waals surface area contributed by atoms with Gasteiger partial charge in [0.2, 0.25) is 0 Å². The van der Waals surface area contributed by atoms with E-state index >= 15 is 0 Å². The third-order valence-corrected chi connectivity index (χ3v) is 5.12. The van der Waals surface area contributed by atoms with E-state index in [0.29, 0.717) is 19.8 Å². The number of halogens is 1. The smallest absolute Gasteiger partial charge is 0.175 e. The van der Waals surface area contributed by atoms with Gasteiger partial charge >= 0.3 is 0 Å². The molecule has 1 aliphatic carbocycles. The Bertz CT molecular complexity index is 505. The van der Waals surface area contributed by atoms with Crippen molar-refractivity contribution in [3.05, 3.63) is 22.2 Å². The van der Waals surface area contributed by atoms with Crippen molar-refractivity contribution in [3.8, 4) is 11.5 Å². The lowest BCUT2D eigenvalue weighted by molar-refractivity contribution is 0.160. The largest absolute Gasteiger partial charge is 0.486 e. The molecule has 1 fully saturated rings. The molecule has 5 heteroatoms. The Morgan fingerprint density at radius 1 is 1.33 bits per heavy atom. The van der Waals surface area contributed by atoms with Crippen LogP contribution in [0.1, 0.15) is 30.9 Å². The Kier molecular flexibility index (Phi) is 4.72. The molecule has 2 aliphatic rings. The maximum absolute atomic E-state index is 6.04. The fourth-order valence-electron chi connectivity index (χ4n) is 3.10. The Morgan fingerprint density at radius 3 is 2.76 bits per heavy atom. The van der Waals surface area contributed by atoms with Crippen LogP contribution in [-0.4, -0.2) is 38.3 Å². The predicted octanol–water partition coefficient (Wildman–Crippen LogP) is 2.95. The van der Waals surface area contributed by atoms with Gasteiger partial charge in [-0.05, 0) is 59.4 Å². The standard InChI is InChI=1S/C16H23BrN2O2/c1-19(10-11-3-2-4-11)14(9-18)12-7-13(17)16-15(8-12)20-5-6-21-16/h7-8,11,14H,2-6,9-10,18H2,1H3. The Labute approximate surface area is 134 Å². The molecule has 0 spiro atoms. The molecule has 0 saturated heterocycles. The van der Waals surface area contributed by atoms with Gasteiger partial charge in [-0.1, -0.05) is 6.42 Å². The summed E-state index contributed by atoms with van der Waals surface area (Å²) in [6.45, 7) is 2.93. The predicted molar refractivity (Wildman–Crippen MR) is 86.9 cm³/mol. The van der Waals surface area contributed by atoms with Gasteiger partial charge < -0.3 is 15.2 Å². The van der Waals surface area contributed by atoms with Crippen LogP contribution in [0.3, 0.4) is 0 Å². The van der Waals surface area contributed by atoms with Gasteiger partial charge in [-0.3, -0.25) is 4.90 Å². The number of ether oxygens (including phenoxy) is 2. The lowest BCUT2D eigenvalue weighted by atomic mass is 9.84. The number of fused-ring (bicyclic) bond motifs is 1. The summed E-state index contributed by atoms with van der Waals surface area (Å²) in [5.41, 5.74) is 7.23. The van der Waals surface area contributed by atoms with Crippen LogP contribution in [0.15, 0.2) is 16.6 Å². The summed E-state index contributed by atoms with van der Waals surface area (Å²) in [4.78, 5) is 2.38. The summed E-state index contributed by atoms with van der Waals surface area (Å²) in [5.74, 6) is 2.47. The molecule has 1 unspecified atom stereocenters. The van der Waals surface area contributed by atoms with Gasteiger partial charge in [0, 0.05) is 19.1 Å². The second-order valence-corrected chi connectivity index (χ2v) is 6.87. The zero-order chi connectivity index (χ0) is 14.8. The second-order valence-electron chi connectivity index (χ2n) is 6.01. The molecule has 3 rings (SSSR count). The number of benzene rings is 1. The van der Waals surface area contributed by atoms with Crippen LogP contribution < -0.4 is 15.2 Å². The van der Waals surface area contributed by atoms with Crippen molar-refractivity contribution in [1.29, 1.82) is 0 Å². The first-order valence-electron chi connectivity index (χ1n) is 7.68. The molecule has 1 aromatic rings. The normalized spacial score (nSPS) is 19.4. The molecule has 1 saturated carbocycles. The molecule has 4 nitrogen and oxygen atoms in total. The van der Waals surface area contributed by atoms with Crippen LogP contribution in [0.25, 0.3) is 0 Å². The minimum Gasteiger partial charge on any atom is -0.486 e.